The molecule has 0 atom stereocenters. The standard InChI is InChI=1S/C14H11Cl3O/c15-8-11-3-1-2-4-14(11)18-9-10-5-6-12(16)13(17)7-10/h1-7H,8-9H2. The Kier molecular flexibility index (Phi) is 4.76. The molecule has 2 aromatic carbocycles. The summed E-state index contributed by atoms with van der Waals surface area (Å²) in [5.74, 6) is 1.22. The third-order valence-electron chi connectivity index (χ3n) is 2.49. The van der Waals surface area contributed by atoms with Crippen LogP contribution in [0.5, 0.6) is 5.75 Å². The van der Waals surface area contributed by atoms with E-state index in [1.807, 2.05) is 30.3 Å². The maximum Gasteiger partial charge on any atom is 0.124 e. The zero-order valence-corrected chi connectivity index (χ0v) is 11.8. The van der Waals surface area contributed by atoms with Crippen molar-refractivity contribution < 1.29 is 4.74 Å². The van der Waals surface area contributed by atoms with Crippen molar-refractivity contribution in [3.05, 3.63) is 63.6 Å². The summed E-state index contributed by atoms with van der Waals surface area (Å²) in [5, 5.41) is 1.07. The van der Waals surface area contributed by atoms with Crippen LogP contribution in [0.2, 0.25) is 10.0 Å². The molecule has 0 N–H and O–H groups in total. The highest BCUT2D eigenvalue weighted by Gasteiger charge is 2.03. The summed E-state index contributed by atoms with van der Waals surface area (Å²) in [6.45, 7) is 0.435. The molecule has 94 valence electrons. The minimum absolute atomic E-state index is 0.428. The molecule has 1 nitrogen and oxygen atoms in total. The minimum atomic E-state index is 0.428. The molecule has 4 heteroatoms. The lowest BCUT2D eigenvalue weighted by Gasteiger charge is -2.10. The summed E-state index contributed by atoms with van der Waals surface area (Å²) >= 11 is 17.6. The Morgan fingerprint density at radius 2 is 1.72 bits per heavy atom. The summed E-state index contributed by atoms with van der Waals surface area (Å²) in [7, 11) is 0. The van der Waals surface area contributed by atoms with Crippen molar-refractivity contribution in [3.63, 3.8) is 0 Å². The Morgan fingerprint density at radius 3 is 2.44 bits per heavy atom. The van der Waals surface area contributed by atoms with Gasteiger partial charge in [0.15, 0.2) is 0 Å². The second-order valence-corrected chi connectivity index (χ2v) is 4.86. The smallest absolute Gasteiger partial charge is 0.124 e. The molecule has 0 aliphatic rings. The Bertz CT molecular complexity index is 540. The number of ether oxygens (including phenoxy) is 1. The topological polar surface area (TPSA) is 9.23 Å². The quantitative estimate of drug-likeness (QED) is 0.695. The molecule has 2 rings (SSSR count). The number of para-hydroxylation sites is 1. The molecule has 0 fully saturated rings. The van der Waals surface area contributed by atoms with Crippen LogP contribution in [0.25, 0.3) is 0 Å². The van der Waals surface area contributed by atoms with Gasteiger partial charge in [0.2, 0.25) is 0 Å². The second-order valence-electron chi connectivity index (χ2n) is 3.78. The molecule has 0 aromatic heterocycles. The largest absolute Gasteiger partial charge is 0.489 e. The Balaban J connectivity index is 2.09. The predicted molar refractivity (Wildman–Crippen MR) is 76.8 cm³/mol. The number of halogens is 3. The summed E-state index contributed by atoms with van der Waals surface area (Å²) in [4.78, 5) is 0. The third-order valence-corrected chi connectivity index (χ3v) is 3.52. The molecule has 0 radical (unpaired) electrons. The van der Waals surface area contributed by atoms with Gasteiger partial charge in [-0.3, -0.25) is 0 Å². The highest BCUT2D eigenvalue weighted by molar-refractivity contribution is 6.42. The first-order chi connectivity index (χ1) is 8.70. The van der Waals surface area contributed by atoms with Crippen molar-refractivity contribution >= 4 is 34.8 Å². The van der Waals surface area contributed by atoms with Gasteiger partial charge in [-0.2, -0.15) is 0 Å². The molecule has 0 saturated carbocycles. The van der Waals surface area contributed by atoms with Crippen molar-refractivity contribution in [1.29, 1.82) is 0 Å². The van der Waals surface area contributed by atoms with E-state index in [0.717, 1.165) is 16.9 Å². The lowest BCUT2D eigenvalue weighted by molar-refractivity contribution is 0.304. The molecule has 0 spiro atoms. The number of alkyl halides is 1. The maximum absolute atomic E-state index is 5.95. The first-order valence-corrected chi connectivity index (χ1v) is 6.70. The van der Waals surface area contributed by atoms with Crippen LogP contribution in [0.1, 0.15) is 11.1 Å². The molecule has 0 heterocycles. The fourth-order valence-corrected chi connectivity index (χ4v) is 2.09. The maximum atomic E-state index is 5.95. The van der Waals surface area contributed by atoms with Gasteiger partial charge in [0.05, 0.1) is 15.9 Å². The second kappa shape index (κ2) is 6.33. The van der Waals surface area contributed by atoms with E-state index in [0.29, 0.717) is 22.5 Å². The summed E-state index contributed by atoms with van der Waals surface area (Å²) in [5.41, 5.74) is 1.94. The van der Waals surface area contributed by atoms with Crippen molar-refractivity contribution in [2.24, 2.45) is 0 Å². The van der Waals surface area contributed by atoms with Crippen LogP contribution in [-0.2, 0) is 12.5 Å². The SMILES string of the molecule is ClCc1ccccc1OCc1ccc(Cl)c(Cl)c1. The Labute approximate surface area is 121 Å². The molecule has 0 bridgehead atoms. The molecule has 0 aliphatic heterocycles. The summed E-state index contributed by atoms with van der Waals surface area (Å²) in [6, 6.07) is 13.1. The predicted octanol–water partition coefficient (Wildman–Crippen LogP) is 5.31. The van der Waals surface area contributed by atoms with E-state index in [9.17, 15) is 0 Å². The minimum Gasteiger partial charge on any atom is -0.489 e. The molecule has 0 unspecified atom stereocenters. The van der Waals surface area contributed by atoms with Crippen LogP contribution in [-0.4, -0.2) is 0 Å². The van der Waals surface area contributed by atoms with Crippen LogP contribution in [0, 0.1) is 0 Å². The zero-order chi connectivity index (χ0) is 13.0. The third kappa shape index (κ3) is 3.32. The van der Waals surface area contributed by atoms with Crippen LogP contribution in [0.15, 0.2) is 42.5 Å². The van der Waals surface area contributed by atoms with Gasteiger partial charge >= 0.3 is 0 Å². The van der Waals surface area contributed by atoms with E-state index in [4.69, 9.17) is 39.5 Å². The van der Waals surface area contributed by atoms with E-state index in [1.54, 1.807) is 12.1 Å². The zero-order valence-electron chi connectivity index (χ0n) is 9.50. The van der Waals surface area contributed by atoms with Crippen LogP contribution in [0.3, 0.4) is 0 Å². The molecule has 2 aromatic rings. The molecule has 0 amide bonds. The highest BCUT2D eigenvalue weighted by atomic mass is 35.5. The summed E-state index contributed by atoms with van der Waals surface area (Å²) < 4.78 is 5.72. The number of hydrogen-bond donors (Lipinski definition) is 0. The average Bonchev–Trinajstić information content (AvgIpc) is 2.40. The monoisotopic (exact) mass is 300 g/mol. The Hall–Kier alpha value is -0.890. The number of benzene rings is 2. The van der Waals surface area contributed by atoms with E-state index in [1.165, 1.54) is 0 Å². The summed E-state index contributed by atoms with van der Waals surface area (Å²) in [6.07, 6.45) is 0. The van der Waals surface area contributed by atoms with Gasteiger partial charge in [0, 0.05) is 5.56 Å². The lowest BCUT2D eigenvalue weighted by Crippen LogP contribution is -1.97. The van der Waals surface area contributed by atoms with Gasteiger partial charge < -0.3 is 4.74 Å². The van der Waals surface area contributed by atoms with Crippen LogP contribution < -0.4 is 4.74 Å². The lowest BCUT2D eigenvalue weighted by atomic mass is 10.2. The van der Waals surface area contributed by atoms with Crippen molar-refractivity contribution in [1.82, 2.24) is 0 Å². The molecule has 18 heavy (non-hydrogen) atoms. The van der Waals surface area contributed by atoms with E-state index in [-0.39, 0.29) is 0 Å². The van der Waals surface area contributed by atoms with Crippen molar-refractivity contribution in [2.75, 3.05) is 0 Å². The first-order valence-electron chi connectivity index (χ1n) is 5.41. The van der Waals surface area contributed by atoms with Crippen LogP contribution in [0.4, 0.5) is 0 Å². The van der Waals surface area contributed by atoms with Gasteiger partial charge in [-0.1, -0.05) is 47.5 Å². The van der Waals surface area contributed by atoms with Crippen LogP contribution >= 0.6 is 34.8 Å². The molecular weight excluding hydrogens is 291 g/mol. The fourth-order valence-electron chi connectivity index (χ4n) is 1.55. The van der Waals surface area contributed by atoms with Gasteiger partial charge in [0.25, 0.3) is 0 Å². The average molecular weight is 302 g/mol. The highest BCUT2D eigenvalue weighted by Crippen LogP contribution is 2.25. The van der Waals surface area contributed by atoms with Gasteiger partial charge in [-0.15, -0.1) is 11.6 Å². The first kappa shape index (κ1) is 13.5. The van der Waals surface area contributed by atoms with Crippen molar-refractivity contribution in [3.8, 4) is 5.75 Å². The number of rotatable bonds is 4. The Morgan fingerprint density at radius 1 is 0.944 bits per heavy atom. The normalized spacial score (nSPS) is 10.4. The van der Waals surface area contributed by atoms with Crippen molar-refractivity contribution in [2.45, 2.75) is 12.5 Å². The van der Waals surface area contributed by atoms with Gasteiger partial charge in [-0.25, -0.2) is 0 Å². The van der Waals surface area contributed by atoms with E-state index in [2.05, 4.69) is 0 Å². The molecule has 0 aliphatic carbocycles. The van der Waals surface area contributed by atoms with E-state index < -0.39 is 0 Å². The van der Waals surface area contributed by atoms with E-state index >= 15 is 0 Å². The van der Waals surface area contributed by atoms with Gasteiger partial charge in [-0.05, 0) is 23.8 Å². The number of hydrogen-bond acceptors (Lipinski definition) is 1. The van der Waals surface area contributed by atoms with Gasteiger partial charge in [0.1, 0.15) is 12.4 Å². The molecule has 0 saturated heterocycles. The fraction of sp³-hybridized carbons (Fsp3) is 0.143. The molecular formula is C14H11Cl3O.